The van der Waals surface area contributed by atoms with Crippen molar-refractivity contribution < 1.29 is 26.2 Å². The van der Waals surface area contributed by atoms with E-state index in [1.54, 1.807) is 0 Å². The first-order chi connectivity index (χ1) is 9.86. The van der Waals surface area contributed by atoms with Crippen LogP contribution in [0.4, 0.5) is 0 Å². The summed E-state index contributed by atoms with van der Waals surface area (Å²) < 4.78 is 0. The largest absolute Gasteiger partial charge is 0.166 e. The van der Waals surface area contributed by atoms with Gasteiger partial charge in [-0.3, -0.25) is 0 Å². The quantitative estimate of drug-likeness (QED) is 0.426. The summed E-state index contributed by atoms with van der Waals surface area (Å²) in [6.45, 7) is 22.6. The SMILES string of the molecule is CC1=C(C)C(C)(C)C([C-](Cl)C2=C(C)C(C)=C(C)C2(C)C)=C1C.[Zr]. The maximum Gasteiger partial charge on any atom is 0 e. The fourth-order valence-corrected chi connectivity index (χ4v) is 4.95. The zero-order chi connectivity index (χ0) is 17.2. The molecule has 0 N–H and O–H groups in total. The predicted molar refractivity (Wildman–Crippen MR) is 98.8 cm³/mol. The minimum absolute atomic E-state index is 0. The second-order valence-corrected chi connectivity index (χ2v) is 8.44. The van der Waals surface area contributed by atoms with Crippen LogP contribution in [0.15, 0.2) is 44.6 Å². The molecule has 0 bridgehead atoms. The van der Waals surface area contributed by atoms with Crippen molar-refractivity contribution in [1.29, 1.82) is 0 Å². The van der Waals surface area contributed by atoms with Crippen LogP contribution in [-0.4, -0.2) is 0 Å². The topological polar surface area (TPSA) is 0 Å². The van der Waals surface area contributed by atoms with Crippen molar-refractivity contribution >= 4 is 11.6 Å². The first kappa shape index (κ1) is 21.0. The van der Waals surface area contributed by atoms with Crippen LogP contribution in [0.3, 0.4) is 0 Å². The van der Waals surface area contributed by atoms with Crippen LogP contribution in [0.5, 0.6) is 0 Å². The summed E-state index contributed by atoms with van der Waals surface area (Å²) in [7, 11) is 0. The molecule has 0 aromatic heterocycles. The standard InChI is InChI=1S/C21H30Cl.Zr/c1-11-13(3)17(20(7,8)15(11)5)19(22)18-14(4)12(2)16(6)21(18,9)10;/h1-10H3;/q-1;. The number of halogens is 1. The fourth-order valence-electron chi connectivity index (χ4n) is 4.19. The van der Waals surface area contributed by atoms with Gasteiger partial charge in [0, 0.05) is 26.2 Å². The third-order valence-electron chi connectivity index (χ3n) is 6.56. The number of rotatable bonds is 2. The van der Waals surface area contributed by atoms with E-state index < -0.39 is 0 Å². The van der Waals surface area contributed by atoms with E-state index in [1.807, 2.05) is 0 Å². The molecule has 0 amide bonds. The summed E-state index contributed by atoms with van der Waals surface area (Å²) in [4.78, 5) is 0. The summed E-state index contributed by atoms with van der Waals surface area (Å²) in [5.41, 5.74) is 11.0. The minimum Gasteiger partial charge on any atom is -0.166 e. The molecule has 2 aliphatic carbocycles. The van der Waals surface area contributed by atoms with Crippen LogP contribution in [0.1, 0.15) is 69.2 Å². The predicted octanol–water partition coefficient (Wildman–Crippen LogP) is 7.14. The third kappa shape index (κ3) is 2.81. The molecule has 0 atom stereocenters. The van der Waals surface area contributed by atoms with Gasteiger partial charge >= 0.3 is 0 Å². The molecular weight excluding hydrogens is 379 g/mol. The summed E-state index contributed by atoms with van der Waals surface area (Å²) in [5.74, 6) is 0. The number of hydrogen-bond acceptors (Lipinski definition) is 0. The van der Waals surface area contributed by atoms with Crippen LogP contribution in [0, 0.1) is 16.2 Å². The van der Waals surface area contributed by atoms with Gasteiger partial charge in [-0.2, -0.15) is 11.6 Å². The molecule has 0 radical (unpaired) electrons. The van der Waals surface area contributed by atoms with Gasteiger partial charge in [0.15, 0.2) is 0 Å². The Morgan fingerprint density at radius 3 is 1.04 bits per heavy atom. The van der Waals surface area contributed by atoms with Crippen molar-refractivity contribution in [2.75, 3.05) is 0 Å². The molecule has 2 rings (SSSR count). The van der Waals surface area contributed by atoms with Crippen molar-refractivity contribution in [3.63, 3.8) is 0 Å². The normalized spacial score (nSPS) is 23.1. The Morgan fingerprint density at radius 1 is 0.609 bits per heavy atom. The number of hydrogen-bond donors (Lipinski definition) is 0. The molecule has 23 heavy (non-hydrogen) atoms. The van der Waals surface area contributed by atoms with Gasteiger partial charge in [-0.25, -0.2) is 0 Å². The third-order valence-corrected chi connectivity index (χ3v) is 6.94. The van der Waals surface area contributed by atoms with Gasteiger partial charge in [-0.05, 0) is 24.7 Å². The summed E-state index contributed by atoms with van der Waals surface area (Å²) in [6.07, 6.45) is 0. The fraction of sp³-hybridized carbons (Fsp3) is 0.571. The van der Waals surface area contributed by atoms with Crippen LogP contribution in [0.2, 0.25) is 0 Å². The van der Waals surface area contributed by atoms with Gasteiger partial charge in [0.2, 0.25) is 0 Å². The van der Waals surface area contributed by atoms with Gasteiger partial charge in [0.1, 0.15) is 0 Å². The summed E-state index contributed by atoms with van der Waals surface area (Å²) in [5, 5.41) is 0.970. The molecule has 0 unspecified atom stereocenters. The van der Waals surface area contributed by atoms with E-state index in [1.165, 1.54) is 44.6 Å². The zero-order valence-electron chi connectivity index (χ0n) is 16.4. The van der Waals surface area contributed by atoms with E-state index in [4.69, 9.17) is 11.6 Å². The average Bonchev–Trinajstić information content (AvgIpc) is 2.66. The van der Waals surface area contributed by atoms with E-state index in [0.717, 1.165) is 5.38 Å². The average molecular weight is 409 g/mol. The first-order valence-corrected chi connectivity index (χ1v) is 8.57. The molecule has 2 heteroatoms. The number of allylic oxidation sites excluding steroid dienone is 8. The monoisotopic (exact) mass is 407 g/mol. The maximum absolute atomic E-state index is 7.06. The van der Waals surface area contributed by atoms with E-state index in [2.05, 4.69) is 69.2 Å². The van der Waals surface area contributed by atoms with Crippen LogP contribution < -0.4 is 0 Å². The molecular formula is C21H30ClZr-. The van der Waals surface area contributed by atoms with E-state index in [-0.39, 0.29) is 37.0 Å². The Morgan fingerprint density at radius 2 is 0.870 bits per heavy atom. The smallest absolute Gasteiger partial charge is 0 e. The Bertz CT molecular complexity index is 608. The van der Waals surface area contributed by atoms with Gasteiger partial charge in [0.25, 0.3) is 0 Å². The van der Waals surface area contributed by atoms with E-state index >= 15 is 0 Å². The van der Waals surface area contributed by atoms with Gasteiger partial charge in [-0.1, -0.05) is 71.9 Å². The molecule has 0 fully saturated rings. The molecule has 0 spiro atoms. The van der Waals surface area contributed by atoms with Crippen LogP contribution in [-0.2, 0) is 26.2 Å². The van der Waals surface area contributed by atoms with Gasteiger partial charge in [-0.15, -0.1) is 33.4 Å². The molecule has 0 saturated heterocycles. The summed E-state index contributed by atoms with van der Waals surface area (Å²) in [6, 6.07) is 0. The Balaban J connectivity index is 0.00000264. The van der Waals surface area contributed by atoms with Crippen molar-refractivity contribution in [1.82, 2.24) is 0 Å². The van der Waals surface area contributed by atoms with Crippen molar-refractivity contribution in [3.05, 3.63) is 50.0 Å². The zero-order valence-corrected chi connectivity index (χ0v) is 19.6. The Labute approximate surface area is 167 Å². The second kappa shape index (κ2) is 6.38. The van der Waals surface area contributed by atoms with Crippen molar-refractivity contribution in [2.45, 2.75) is 69.2 Å². The van der Waals surface area contributed by atoms with Crippen molar-refractivity contribution in [2.24, 2.45) is 10.8 Å². The van der Waals surface area contributed by atoms with E-state index in [0.29, 0.717) is 0 Å². The maximum atomic E-state index is 7.06. The van der Waals surface area contributed by atoms with Crippen molar-refractivity contribution in [3.8, 4) is 0 Å². The molecule has 0 aromatic rings. The molecule has 2 aliphatic rings. The minimum atomic E-state index is 0. The van der Waals surface area contributed by atoms with Gasteiger partial charge < -0.3 is 0 Å². The molecule has 126 valence electrons. The molecule has 0 saturated carbocycles. The Hall–Kier alpha value is 0.00312. The molecule has 0 nitrogen and oxygen atoms in total. The van der Waals surface area contributed by atoms with Crippen LogP contribution in [0.25, 0.3) is 0 Å². The van der Waals surface area contributed by atoms with Gasteiger partial charge in [0.05, 0.1) is 0 Å². The van der Waals surface area contributed by atoms with E-state index in [9.17, 15) is 0 Å². The molecule has 0 aromatic carbocycles. The summed E-state index contributed by atoms with van der Waals surface area (Å²) >= 11 is 7.06. The second-order valence-electron chi connectivity index (χ2n) is 8.06. The first-order valence-electron chi connectivity index (χ1n) is 8.19. The molecule has 0 heterocycles. The van der Waals surface area contributed by atoms with Crippen LogP contribution >= 0.6 is 11.6 Å². The Kier molecular flexibility index (Phi) is 5.84. The molecule has 0 aliphatic heterocycles.